The lowest BCUT2D eigenvalue weighted by atomic mass is 9.95. The first-order valence-electron chi connectivity index (χ1n) is 6.23. The second-order valence-electron chi connectivity index (χ2n) is 4.88. The fourth-order valence-corrected chi connectivity index (χ4v) is 2.88. The van der Waals surface area contributed by atoms with Crippen LogP contribution in [0.2, 0.25) is 0 Å². The quantitative estimate of drug-likeness (QED) is 0.733. The van der Waals surface area contributed by atoms with E-state index in [-0.39, 0.29) is 18.1 Å². The van der Waals surface area contributed by atoms with Gasteiger partial charge in [0.25, 0.3) is 0 Å². The molecule has 1 aliphatic rings. The molecule has 0 bridgehead atoms. The number of rotatable bonds is 1. The van der Waals surface area contributed by atoms with E-state index in [1.54, 1.807) is 0 Å². The van der Waals surface area contributed by atoms with Crippen molar-refractivity contribution < 1.29 is 14.8 Å². The Morgan fingerprint density at radius 3 is 3.00 bits per heavy atom. The average Bonchev–Trinajstić information content (AvgIpc) is 2.77. The van der Waals surface area contributed by atoms with Crippen molar-refractivity contribution in [3.8, 4) is 0 Å². The summed E-state index contributed by atoms with van der Waals surface area (Å²) < 4.78 is 4.86. The lowest BCUT2D eigenvalue weighted by molar-refractivity contribution is -0.718. The highest BCUT2D eigenvalue weighted by atomic mass is 16.5. The summed E-state index contributed by atoms with van der Waals surface area (Å²) >= 11 is 0. The van der Waals surface area contributed by atoms with E-state index in [4.69, 9.17) is 4.74 Å². The number of aromatic amines is 1. The predicted octanol–water partition coefficient (Wildman–Crippen LogP) is 0.890. The molecular weight excluding hydrogens is 228 g/mol. The van der Waals surface area contributed by atoms with Crippen LogP contribution in [0.15, 0.2) is 24.3 Å². The molecule has 0 saturated heterocycles. The van der Waals surface area contributed by atoms with Gasteiger partial charge in [-0.15, -0.1) is 0 Å². The van der Waals surface area contributed by atoms with E-state index in [0.29, 0.717) is 0 Å². The van der Waals surface area contributed by atoms with Gasteiger partial charge in [-0.3, -0.25) is 0 Å². The van der Waals surface area contributed by atoms with Crippen LogP contribution < -0.4 is 5.32 Å². The number of fused-ring (bicyclic) bond motifs is 3. The third kappa shape index (κ3) is 1.61. The Morgan fingerprint density at radius 2 is 2.22 bits per heavy atom. The molecule has 0 saturated carbocycles. The first-order valence-corrected chi connectivity index (χ1v) is 6.23. The molecule has 3 N–H and O–H groups in total. The van der Waals surface area contributed by atoms with Gasteiger partial charge in [-0.1, -0.05) is 18.2 Å². The van der Waals surface area contributed by atoms with Crippen molar-refractivity contribution >= 4 is 16.9 Å². The maximum atomic E-state index is 11.7. The summed E-state index contributed by atoms with van der Waals surface area (Å²) in [5.74, 6) is -0.141. The van der Waals surface area contributed by atoms with Gasteiger partial charge in [-0.05, 0) is 18.6 Å². The van der Waals surface area contributed by atoms with Gasteiger partial charge in [-0.2, -0.15) is 0 Å². The SMILES string of the molecule is COC(=O)[C@@H]1Cc2c([nH]c3ccccc23)[C@@H](C)[NH2+]1. The number of quaternary nitrogens is 1. The fourth-order valence-electron chi connectivity index (χ4n) is 2.88. The van der Waals surface area contributed by atoms with E-state index in [9.17, 15) is 4.79 Å². The van der Waals surface area contributed by atoms with Crippen LogP contribution in [0.4, 0.5) is 0 Å². The number of hydrogen-bond donors (Lipinski definition) is 2. The topological polar surface area (TPSA) is 58.7 Å². The zero-order valence-electron chi connectivity index (χ0n) is 10.6. The summed E-state index contributed by atoms with van der Waals surface area (Å²) in [5.41, 5.74) is 3.64. The molecule has 0 aliphatic carbocycles. The minimum Gasteiger partial charge on any atom is -0.465 e. The molecule has 0 fully saturated rings. The monoisotopic (exact) mass is 245 g/mol. The number of hydrogen-bond acceptors (Lipinski definition) is 2. The highest BCUT2D eigenvalue weighted by Gasteiger charge is 2.34. The molecule has 2 heterocycles. The minimum absolute atomic E-state index is 0.128. The Morgan fingerprint density at radius 1 is 1.44 bits per heavy atom. The zero-order valence-corrected chi connectivity index (χ0v) is 10.6. The molecule has 18 heavy (non-hydrogen) atoms. The van der Waals surface area contributed by atoms with Gasteiger partial charge in [0, 0.05) is 17.3 Å². The smallest absolute Gasteiger partial charge is 0.364 e. The van der Waals surface area contributed by atoms with Crippen molar-refractivity contribution in [3.05, 3.63) is 35.5 Å². The summed E-state index contributed by atoms with van der Waals surface area (Å²) in [5, 5.41) is 3.30. The molecule has 0 spiro atoms. The number of methoxy groups -OCH3 is 1. The van der Waals surface area contributed by atoms with E-state index >= 15 is 0 Å². The summed E-state index contributed by atoms with van der Waals surface area (Å²) in [4.78, 5) is 15.2. The molecule has 3 rings (SSSR count). The summed E-state index contributed by atoms with van der Waals surface area (Å²) in [6, 6.07) is 8.37. The largest absolute Gasteiger partial charge is 0.465 e. The van der Waals surface area contributed by atoms with Crippen molar-refractivity contribution in [1.82, 2.24) is 4.98 Å². The summed E-state index contributed by atoms with van der Waals surface area (Å²) in [6.45, 7) is 2.11. The fraction of sp³-hybridized carbons (Fsp3) is 0.357. The Bertz CT molecular complexity index is 603. The first-order chi connectivity index (χ1) is 8.70. The number of carbonyl (C=O) groups is 1. The molecule has 1 aromatic carbocycles. The first kappa shape index (κ1) is 11.3. The van der Waals surface area contributed by atoms with Crippen LogP contribution >= 0.6 is 0 Å². The second-order valence-corrected chi connectivity index (χ2v) is 4.88. The molecule has 1 aliphatic heterocycles. The number of benzene rings is 1. The molecule has 4 heteroatoms. The molecule has 2 aromatic rings. The Labute approximate surface area is 105 Å². The Kier molecular flexibility index (Phi) is 2.59. The van der Waals surface area contributed by atoms with Crippen molar-refractivity contribution in [2.75, 3.05) is 7.11 Å². The van der Waals surface area contributed by atoms with E-state index in [1.807, 2.05) is 12.1 Å². The van der Waals surface area contributed by atoms with Gasteiger partial charge in [0.05, 0.1) is 12.8 Å². The number of esters is 1. The van der Waals surface area contributed by atoms with Crippen LogP contribution in [0.3, 0.4) is 0 Å². The van der Waals surface area contributed by atoms with Gasteiger partial charge in [0.15, 0.2) is 6.04 Å². The number of nitrogens with two attached hydrogens (primary N) is 1. The van der Waals surface area contributed by atoms with Gasteiger partial charge < -0.3 is 15.0 Å². The Balaban J connectivity index is 2.09. The lowest BCUT2D eigenvalue weighted by Crippen LogP contribution is -2.94. The van der Waals surface area contributed by atoms with Crippen molar-refractivity contribution in [1.29, 1.82) is 0 Å². The molecule has 0 unspecified atom stereocenters. The number of nitrogens with one attached hydrogen (secondary N) is 1. The van der Waals surface area contributed by atoms with Crippen LogP contribution in [-0.4, -0.2) is 24.1 Å². The molecule has 0 radical (unpaired) electrons. The van der Waals surface area contributed by atoms with Crippen LogP contribution in [0.5, 0.6) is 0 Å². The average molecular weight is 245 g/mol. The number of aromatic nitrogens is 1. The van der Waals surface area contributed by atoms with E-state index < -0.39 is 0 Å². The molecule has 0 amide bonds. The Hall–Kier alpha value is -1.81. The van der Waals surface area contributed by atoms with Gasteiger partial charge in [-0.25, -0.2) is 4.79 Å². The van der Waals surface area contributed by atoms with Crippen LogP contribution in [0.1, 0.15) is 24.2 Å². The summed E-state index contributed by atoms with van der Waals surface area (Å²) in [7, 11) is 1.45. The van der Waals surface area contributed by atoms with E-state index in [0.717, 1.165) is 11.9 Å². The standard InChI is InChI=1S/C14H16N2O2/c1-8-13-10(7-12(15-8)14(17)18-2)9-5-3-4-6-11(9)16-13/h3-6,8,12,15-16H,7H2,1-2H3/p+1/t8-,12+/m1/s1. The van der Waals surface area contributed by atoms with Crippen molar-refractivity contribution in [2.45, 2.75) is 25.4 Å². The van der Waals surface area contributed by atoms with Crippen molar-refractivity contribution in [3.63, 3.8) is 0 Å². The predicted molar refractivity (Wildman–Crippen MR) is 68.1 cm³/mol. The van der Waals surface area contributed by atoms with Gasteiger partial charge >= 0.3 is 5.97 Å². The number of ether oxygens (including phenoxy) is 1. The van der Waals surface area contributed by atoms with E-state index in [2.05, 4.69) is 29.4 Å². The molecule has 2 atom stereocenters. The zero-order chi connectivity index (χ0) is 12.7. The molecule has 1 aromatic heterocycles. The summed E-state index contributed by atoms with van der Waals surface area (Å²) in [6.07, 6.45) is 0.732. The van der Waals surface area contributed by atoms with Crippen LogP contribution in [0.25, 0.3) is 10.9 Å². The van der Waals surface area contributed by atoms with Gasteiger partial charge in [0.2, 0.25) is 0 Å². The lowest BCUT2D eigenvalue weighted by Gasteiger charge is -2.24. The molecular formula is C14H17N2O2+. The third-order valence-electron chi connectivity index (χ3n) is 3.75. The third-order valence-corrected chi connectivity index (χ3v) is 3.75. The number of carbonyl (C=O) groups excluding carboxylic acids is 1. The number of H-pyrrole nitrogens is 1. The minimum atomic E-state index is -0.141. The van der Waals surface area contributed by atoms with E-state index in [1.165, 1.54) is 23.8 Å². The molecule has 94 valence electrons. The highest BCUT2D eigenvalue weighted by Crippen LogP contribution is 2.28. The maximum absolute atomic E-state index is 11.7. The normalized spacial score (nSPS) is 22.8. The van der Waals surface area contributed by atoms with Gasteiger partial charge in [0.1, 0.15) is 6.04 Å². The van der Waals surface area contributed by atoms with Crippen molar-refractivity contribution in [2.24, 2.45) is 0 Å². The van der Waals surface area contributed by atoms with Crippen LogP contribution in [-0.2, 0) is 16.0 Å². The highest BCUT2D eigenvalue weighted by molar-refractivity contribution is 5.86. The van der Waals surface area contributed by atoms with Crippen LogP contribution in [0, 0.1) is 0 Å². The number of para-hydroxylation sites is 1. The maximum Gasteiger partial charge on any atom is 0.364 e. The molecule has 4 nitrogen and oxygen atoms in total. The second kappa shape index (κ2) is 4.14.